The molecule has 0 bridgehead atoms. The van der Waals surface area contributed by atoms with Crippen LogP contribution in [0.25, 0.3) is 0 Å². The van der Waals surface area contributed by atoms with Gasteiger partial charge in [-0.3, -0.25) is 14.9 Å². The highest BCUT2D eigenvalue weighted by Crippen LogP contribution is 2.29. The molecule has 1 aromatic heterocycles. The van der Waals surface area contributed by atoms with Crippen LogP contribution in [-0.4, -0.2) is 40.9 Å². The van der Waals surface area contributed by atoms with Crippen molar-refractivity contribution in [3.63, 3.8) is 0 Å². The van der Waals surface area contributed by atoms with Crippen molar-refractivity contribution in [3.8, 4) is 0 Å². The van der Waals surface area contributed by atoms with Crippen LogP contribution in [0.2, 0.25) is 5.28 Å². The number of likely N-dealkylation sites (N-methyl/N-ethyl adjacent to an activating group) is 1. The average molecular weight is 302 g/mol. The molecule has 1 heterocycles. The molecule has 1 N–H and O–H groups in total. The van der Waals surface area contributed by atoms with Gasteiger partial charge in [-0.05, 0) is 24.9 Å². The number of hydrogen-bond acceptors (Lipinski definition) is 6. The molecule has 0 aliphatic carbocycles. The highest BCUT2D eigenvalue weighted by Gasteiger charge is 2.26. The molecule has 9 heteroatoms. The van der Waals surface area contributed by atoms with Crippen LogP contribution in [-0.2, 0) is 4.79 Å². The molecule has 0 fully saturated rings. The van der Waals surface area contributed by atoms with E-state index in [9.17, 15) is 14.9 Å². The van der Waals surface area contributed by atoms with Crippen molar-refractivity contribution in [2.75, 3.05) is 25.0 Å². The zero-order valence-corrected chi connectivity index (χ0v) is 12.3. The summed E-state index contributed by atoms with van der Waals surface area (Å²) in [5.74, 6) is -0.196. The summed E-state index contributed by atoms with van der Waals surface area (Å²) < 4.78 is 0. The fourth-order valence-corrected chi connectivity index (χ4v) is 1.94. The van der Waals surface area contributed by atoms with Crippen molar-refractivity contribution in [1.29, 1.82) is 0 Å². The maximum absolute atomic E-state index is 11.5. The molecular formula is C11H16ClN5O3. The van der Waals surface area contributed by atoms with Crippen molar-refractivity contribution < 1.29 is 9.72 Å². The molecule has 8 nitrogen and oxygen atoms in total. The van der Waals surface area contributed by atoms with E-state index in [0.717, 1.165) is 0 Å². The number of nitrogens with one attached hydrogen (secondary N) is 1. The van der Waals surface area contributed by atoms with Gasteiger partial charge in [0.05, 0.1) is 11.5 Å². The van der Waals surface area contributed by atoms with Crippen molar-refractivity contribution in [1.82, 2.24) is 15.3 Å². The third kappa shape index (κ3) is 3.77. The van der Waals surface area contributed by atoms with Crippen LogP contribution in [0.1, 0.15) is 19.0 Å². The SMILES string of the molecule is CCCN(CC(=O)NC)c1nc(Cl)nc(C)c1[N+](=O)[O-]. The molecule has 110 valence electrons. The number of carbonyl (C=O) groups excluding carboxylic acids is 1. The molecule has 0 radical (unpaired) electrons. The van der Waals surface area contributed by atoms with Crippen molar-refractivity contribution in [2.45, 2.75) is 20.3 Å². The molecule has 0 unspecified atom stereocenters. The van der Waals surface area contributed by atoms with Gasteiger partial charge in [-0.2, -0.15) is 4.98 Å². The van der Waals surface area contributed by atoms with Gasteiger partial charge < -0.3 is 10.2 Å². The standard InChI is InChI=1S/C11H16ClN5O3/c1-4-5-16(6-8(18)13-3)10-9(17(19)20)7(2)14-11(12)15-10/h4-6H2,1-3H3,(H,13,18). The first-order chi connectivity index (χ1) is 9.40. The summed E-state index contributed by atoms with van der Waals surface area (Å²) >= 11 is 5.77. The predicted octanol–water partition coefficient (Wildman–Crippen LogP) is 1.31. The van der Waals surface area contributed by atoms with Crippen molar-refractivity contribution in [3.05, 3.63) is 21.1 Å². The normalized spacial score (nSPS) is 10.2. The van der Waals surface area contributed by atoms with E-state index in [-0.39, 0.29) is 34.9 Å². The Bertz CT molecular complexity index is 523. The summed E-state index contributed by atoms with van der Waals surface area (Å²) in [5, 5.41) is 13.6. The molecule has 0 aromatic carbocycles. The first-order valence-corrected chi connectivity index (χ1v) is 6.42. The molecule has 0 saturated heterocycles. The maximum atomic E-state index is 11.5. The Morgan fingerprint density at radius 3 is 2.65 bits per heavy atom. The van der Waals surface area contributed by atoms with Crippen LogP contribution in [0.3, 0.4) is 0 Å². The van der Waals surface area contributed by atoms with Crippen molar-refractivity contribution in [2.24, 2.45) is 0 Å². The number of amides is 1. The lowest BCUT2D eigenvalue weighted by Crippen LogP contribution is -2.37. The molecule has 0 aliphatic rings. The third-order valence-electron chi connectivity index (χ3n) is 2.60. The highest BCUT2D eigenvalue weighted by molar-refractivity contribution is 6.28. The quantitative estimate of drug-likeness (QED) is 0.483. The van der Waals surface area contributed by atoms with E-state index in [2.05, 4.69) is 15.3 Å². The summed E-state index contributed by atoms with van der Waals surface area (Å²) in [6.07, 6.45) is 0.703. The van der Waals surface area contributed by atoms with Gasteiger partial charge in [-0.25, -0.2) is 4.98 Å². The van der Waals surface area contributed by atoms with Gasteiger partial charge in [0.1, 0.15) is 5.69 Å². The monoisotopic (exact) mass is 301 g/mol. The van der Waals surface area contributed by atoms with E-state index in [4.69, 9.17) is 11.6 Å². The Kier molecular flexibility index (Phi) is 5.63. The van der Waals surface area contributed by atoms with E-state index >= 15 is 0 Å². The summed E-state index contributed by atoms with van der Waals surface area (Å²) in [4.78, 5) is 31.4. The molecule has 1 amide bonds. The summed E-state index contributed by atoms with van der Waals surface area (Å²) in [6, 6.07) is 0. The van der Waals surface area contributed by atoms with E-state index in [0.29, 0.717) is 13.0 Å². The van der Waals surface area contributed by atoms with Gasteiger partial charge in [0, 0.05) is 13.6 Å². The lowest BCUT2D eigenvalue weighted by Gasteiger charge is -2.22. The molecule has 1 rings (SSSR count). The van der Waals surface area contributed by atoms with Gasteiger partial charge in [0.15, 0.2) is 0 Å². The van der Waals surface area contributed by atoms with Crippen LogP contribution in [0.15, 0.2) is 0 Å². The lowest BCUT2D eigenvalue weighted by molar-refractivity contribution is -0.385. The summed E-state index contributed by atoms with van der Waals surface area (Å²) in [5.41, 5.74) is -0.0604. The number of nitro groups is 1. The van der Waals surface area contributed by atoms with Gasteiger partial charge in [-0.1, -0.05) is 6.92 Å². The number of nitrogens with zero attached hydrogens (tertiary/aromatic N) is 4. The molecule has 0 spiro atoms. The predicted molar refractivity (Wildman–Crippen MR) is 75.0 cm³/mol. The van der Waals surface area contributed by atoms with Crippen LogP contribution in [0, 0.1) is 17.0 Å². The summed E-state index contributed by atoms with van der Waals surface area (Å²) in [6.45, 7) is 3.80. The Balaban J connectivity index is 3.30. The second kappa shape index (κ2) is 6.99. The number of aryl methyl sites for hydroxylation is 1. The zero-order valence-electron chi connectivity index (χ0n) is 11.5. The Morgan fingerprint density at radius 2 is 2.15 bits per heavy atom. The number of halogens is 1. The molecular weight excluding hydrogens is 286 g/mol. The topological polar surface area (TPSA) is 101 Å². The highest BCUT2D eigenvalue weighted by atomic mass is 35.5. The number of anilines is 1. The smallest absolute Gasteiger partial charge is 0.332 e. The lowest BCUT2D eigenvalue weighted by atomic mass is 10.3. The first kappa shape index (κ1) is 16.1. The second-order valence-electron chi connectivity index (χ2n) is 4.10. The summed E-state index contributed by atoms with van der Waals surface area (Å²) in [7, 11) is 1.50. The van der Waals surface area contributed by atoms with Crippen LogP contribution in [0.4, 0.5) is 11.5 Å². The molecule has 0 saturated carbocycles. The average Bonchev–Trinajstić information content (AvgIpc) is 2.36. The van der Waals surface area contributed by atoms with Crippen molar-refractivity contribution >= 4 is 29.0 Å². The second-order valence-corrected chi connectivity index (χ2v) is 4.44. The van der Waals surface area contributed by atoms with E-state index < -0.39 is 4.92 Å². The Hall–Kier alpha value is -1.96. The van der Waals surface area contributed by atoms with Gasteiger partial charge in [-0.15, -0.1) is 0 Å². The fraction of sp³-hybridized carbons (Fsp3) is 0.545. The van der Waals surface area contributed by atoms with E-state index in [1.807, 2.05) is 6.92 Å². The molecule has 0 aliphatic heterocycles. The zero-order chi connectivity index (χ0) is 15.3. The minimum Gasteiger partial charge on any atom is -0.358 e. The minimum atomic E-state index is -0.562. The molecule has 1 aromatic rings. The van der Waals surface area contributed by atoms with Crippen LogP contribution < -0.4 is 10.2 Å². The number of aromatic nitrogens is 2. The number of hydrogen-bond donors (Lipinski definition) is 1. The van der Waals surface area contributed by atoms with Gasteiger partial charge in [0.25, 0.3) is 0 Å². The number of rotatable bonds is 6. The van der Waals surface area contributed by atoms with Crippen LogP contribution in [0.5, 0.6) is 0 Å². The Labute approximate surface area is 121 Å². The minimum absolute atomic E-state index is 0.0298. The van der Waals surface area contributed by atoms with Gasteiger partial charge >= 0.3 is 5.69 Å². The fourth-order valence-electron chi connectivity index (χ4n) is 1.73. The number of carbonyl (C=O) groups is 1. The van der Waals surface area contributed by atoms with E-state index in [1.165, 1.54) is 18.9 Å². The third-order valence-corrected chi connectivity index (χ3v) is 2.77. The maximum Gasteiger partial charge on any atom is 0.332 e. The molecule has 0 atom stereocenters. The van der Waals surface area contributed by atoms with E-state index in [1.54, 1.807) is 0 Å². The van der Waals surface area contributed by atoms with Gasteiger partial charge in [0.2, 0.25) is 17.0 Å². The Morgan fingerprint density at radius 1 is 1.50 bits per heavy atom. The van der Waals surface area contributed by atoms with Crippen LogP contribution >= 0.6 is 11.6 Å². The largest absolute Gasteiger partial charge is 0.358 e. The first-order valence-electron chi connectivity index (χ1n) is 6.04. The molecule has 20 heavy (non-hydrogen) atoms.